The molecule has 3 heteroatoms. The van der Waals surface area contributed by atoms with Gasteiger partial charge in [0, 0.05) is 19.1 Å². The van der Waals surface area contributed by atoms with Crippen molar-refractivity contribution in [3.63, 3.8) is 0 Å². The monoisotopic (exact) mass is 300 g/mol. The zero-order valence-electron chi connectivity index (χ0n) is 12.5. The summed E-state index contributed by atoms with van der Waals surface area (Å²) in [6, 6.07) is 13.7. The van der Waals surface area contributed by atoms with Crippen LogP contribution >= 0.6 is 11.3 Å². The van der Waals surface area contributed by atoms with Gasteiger partial charge in [0.15, 0.2) is 0 Å². The molecule has 0 spiro atoms. The van der Waals surface area contributed by atoms with Crippen molar-refractivity contribution in [1.29, 1.82) is 0 Å². The predicted molar refractivity (Wildman–Crippen MR) is 90.8 cm³/mol. The van der Waals surface area contributed by atoms with Crippen LogP contribution in [-0.4, -0.2) is 30.6 Å². The largest absolute Gasteiger partial charge is 0.310 e. The van der Waals surface area contributed by atoms with Crippen molar-refractivity contribution >= 4 is 11.3 Å². The fourth-order valence-corrected chi connectivity index (χ4v) is 3.62. The third kappa shape index (κ3) is 4.67. The Bertz CT molecular complexity index is 501. The highest BCUT2D eigenvalue weighted by Gasteiger charge is 2.18. The second-order valence-corrected chi connectivity index (χ2v) is 6.64. The fraction of sp³-hybridized carbons (Fsp3) is 0.444. The molecule has 3 rings (SSSR count). The molecule has 0 radical (unpaired) electrons. The summed E-state index contributed by atoms with van der Waals surface area (Å²) in [6.07, 6.45) is 3.73. The van der Waals surface area contributed by atoms with Crippen LogP contribution in [0.5, 0.6) is 0 Å². The van der Waals surface area contributed by atoms with E-state index in [0.717, 1.165) is 6.54 Å². The van der Waals surface area contributed by atoms with Crippen molar-refractivity contribution < 1.29 is 0 Å². The highest BCUT2D eigenvalue weighted by atomic mass is 32.1. The summed E-state index contributed by atoms with van der Waals surface area (Å²) in [7, 11) is 0. The SMILES string of the molecule is c1ccc(CCN2CCC(NCc3ccsc3)CC2)cc1. The average Bonchev–Trinajstić information content (AvgIpc) is 3.06. The lowest BCUT2D eigenvalue weighted by molar-refractivity contribution is 0.199. The van der Waals surface area contributed by atoms with Crippen LogP contribution in [0, 0.1) is 0 Å². The van der Waals surface area contributed by atoms with Crippen molar-refractivity contribution in [2.75, 3.05) is 19.6 Å². The number of piperidine rings is 1. The smallest absolute Gasteiger partial charge is 0.0216 e. The van der Waals surface area contributed by atoms with Crippen LogP contribution in [0.15, 0.2) is 47.2 Å². The van der Waals surface area contributed by atoms with Gasteiger partial charge in [0.2, 0.25) is 0 Å². The molecule has 1 saturated heterocycles. The summed E-state index contributed by atoms with van der Waals surface area (Å²) < 4.78 is 0. The summed E-state index contributed by atoms with van der Waals surface area (Å²) >= 11 is 1.78. The Labute approximate surface area is 131 Å². The lowest BCUT2D eigenvalue weighted by Crippen LogP contribution is -2.42. The molecule has 0 aliphatic carbocycles. The normalized spacial score (nSPS) is 17.1. The molecule has 21 heavy (non-hydrogen) atoms. The number of likely N-dealkylation sites (tertiary alicyclic amines) is 1. The molecule has 2 nitrogen and oxygen atoms in total. The summed E-state index contributed by atoms with van der Waals surface area (Å²) in [5, 5.41) is 8.09. The van der Waals surface area contributed by atoms with Crippen molar-refractivity contribution in [3.8, 4) is 0 Å². The Morgan fingerprint density at radius 3 is 2.57 bits per heavy atom. The van der Waals surface area contributed by atoms with Crippen LogP contribution < -0.4 is 5.32 Å². The summed E-state index contributed by atoms with van der Waals surface area (Å²) in [5.74, 6) is 0. The average molecular weight is 300 g/mol. The molecule has 1 N–H and O–H groups in total. The molecular formula is C18H24N2S. The second kappa shape index (κ2) is 7.74. The molecule has 0 amide bonds. The number of nitrogens with one attached hydrogen (secondary N) is 1. The van der Waals surface area contributed by atoms with Gasteiger partial charge in [-0.2, -0.15) is 11.3 Å². The quantitative estimate of drug-likeness (QED) is 0.878. The van der Waals surface area contributed by atoms with Crippen molar-refractivity contribution in [1.82, 2.24) is 10.2 Å². The minimum Gasteiger partial charge on any atom is -0.310 e. The minimum atomic E-state index is 0.692. The van der Waals surface area contributed by atoms with E-state index in [2.05, 4.69) is 57.4 Å². The number of nitrogens with zero attached hydrogens (tertiary/aromatic N) is 1. The van der Waals surface area contributed by atoms with Gasteiger partial charge in [0.25, 0.3) is 0 Å². The summed E-state index contributed by atoms with van der Waals surface area (Å²) in [6.45, 7) is 4.68. The van der Waals surface area contributed by atoms with E-state index < -0.39 is 0 Å². The van der Waals surface area contributed by atoms with Crippen LogP contribution in [-0.2, 0) is 13.0 Å². The van der Waals surface area contributed by atoms with Gasteiger partial charge in [-0.15, -0.1) is 0 Å². The molecular weight excluding hydrogens is 276 g/mol. The van der Waals surface area contributed by atoms with E-state index in [1.54, 1.807) is 11.3 Å². The van der Waals surface area contributed by atoms with Gasteiger partial charge in [-0.05, 0) is 60.3 Å². The Balaban J connectivity index is 1.35. The third-order valence-electron chi connectivity index (χ3n) is 4.32. The van der Waals surface area contributed by atoms with Gasteiger partial charge in [-0.3, -0.25) is 0 Å². The number of hydrogen-bond donors (Lipinski definition) is 1. The molecule has 1 aliphatic heterocycles. The Kier molecular flexibility index (Phi) is 5.44. The van der Waals surface area contributed by atoms with Crippen LogP contribution in [0.1, 0.15) is 24.0 Å². The molecule has 1 fully saturated rings. The Morgan fingerprint density at radius 2 is 1.86 bits per heavy atom. The molecule has 1 aromatic carbocycles. The van der Waals surface area contributed by atoms with E-state index in [1.165, 1.54) is 50.0 Å². The Hall–Kier alpha value is -1.16. The van der Waals surface area contributed by atoms with Gasteiger partial charge >= 0.3 is 0 Å². The van der Waals surface area contributed by atoms with Crippen LogP contribution in [0.4, 0.5) is 0 Å². The molecule has 0 saturated carbocycles. The van der Waals surface area contributed by atoms with E-state index >= 15 is 0 Å². The first kappa shape index (κ1) is 14.8. The zero-order valence-corrected chi connectivity index (χ0v) is 13.3. The number of thiophene rings is 1. The van der Waals surface area contributed by atoms with Crippen molar-refractivity contribution in [2.24, 2.45) is 0 Å². The maximum absolute atomic E-state index is 3.70. The highest BCUT2D eigenvalue weighted by molar-refractivity contribution is 7.07. The molecule has 1 aliphatic rings. The van der Waals surface area contributed by atoms with Gasteiger partial charge in [-0.1, -0.05) is 30.3 Å². The topological polar surface area (TPSA) is 15.3 Å². The molecule has 112 valence electrons. The maximum atomic E-state index is 3.70. The number of benzene rings is 1. The fourth-order valence-electron chi connectivity index (χ4n) is 2.95. The van der Waals surface area contributed by atoms with Crippen LogP contribution in [0.3, 0.4) is 0 Å². The van der Waals surface area contributed by atoms with Gasteiger partial charge in [0.05, 0.1) is 0 Å². The maximum Gasteiger partial charge on any atom is 0.0216 e. The first-order chi connectivity index (χ1) is 10.4. The lowest BCUT2D eigenvalue weighted by Gasteiger charge is -2.32. The summed E-state index contributed by atoms with van der Waals surface area (Å²) in [4.78, 5) is 2.61. The Morgan fingerprint density at radius 1 is 1.05 bits per heavy atom. The lowest BCUT2D eigenvalue weighted by atomic mass is 10.0. The van der Waals surface area contributed by atoms with E-state index in [4.69, 9.17) is 0 Å². The van der Waals surface area contributed by atoms with Gasteiger partial charge in [-0.25, -0.2) is 0 Å². The molecule has 0 bridgehead atoms. The van der Waals surface area contributed by atoms with Crippen molar-refractivity contribution in [3.05, 3.63) is 58.3 Å². The molecule has 0 atom stereocenters. The van der Waals surface area contributed by atoms with Crippen molar-refractivity contribution in [2.45, 2.75) is 31.8 Å². The molecule has 2 aromatic rings. The number of rotatable bonds is 6. The van der Waals surface area contributed by atoms with Gasteiger partial charge < -0.3 is 10.2 Å². The van der Waals surface area contributed by atoms with Gasteiger partial charge in [0.1, 0.15) is 0 Å². The first-order valence-electron chi connectivity index (χ1n) is 7.91. The zero-order chi connectivity index (χ0) is 14.3. The van der Waals surface area contributed by atoms with E-state index in [1.807, 2.05) is 0 Å². The molecule has 2 heterocycles. The summed E-state index contributed by atoms with van der Waals surface area (Å²) in [5.41, 5.74) is 2.88. The minimum absolute atomic E-state index is 0.692. The predicted octanol–water partition coefficient (Wildman–Crippen LogP) is 3.54. The first-order valence-corrected chi connectivity index (χ1v) is 8.85. The third-order valence-corrected chi connectivity index (χ3v) is 5.05. The van der Waals surface area contributed by atoms with E-state index in [-0.39, 0.29) is 0 Å². The van der Waals surface area contributed by atoms with Crippen LogP contribution in [0.25, 0.3) is 0 Å². The molecule has 1 aromatic heterocycles. The molecule has 0 unspecified atom stereocenters. The van der Waals surface area contributed by atoms with E-state index in [0.29, 0.717) is 6.04 Å². The standard InChI is InChI=1S/C18H24N2S/c1-2-4-16(5-3-1)6-10-20-11-7-18(8-12-20)19-14-17-9-13-21-15-17/h1-5,9,13,15,18-19H,6-8,10-12,14H2. The highest BCUT2D eigenvalue weighted by Crippen LogP contribution is 2.13. The second-order valence-electron chi connectivity index (χ2n) is 5.86. The van der Waals surface area contributed by atoms with Crippen LogP contribution in [0.2, 0.25) is 0 Å². The number of hydrogen-bond acceptors (Lipinski definition) is 3. The van der Waals surface area contributed by atoms with E-state index in [9.17, 15) is 0 Å².